The lowest BCUT2D eigenvalue weighted by Gasteiger charge is -2.17. The van der Waals surface area contributed by atoms with E-state index >= 15 is 0 Å². The Morgan fingerprint density at radius 3 is 2.10 bits per heavy atom. The van der Waals surface area contributed by atoms with Crippen molar-refractivity contribution in [1.82, 2.24) is 0 Å². The fourth-order valence-electron chi connectivity index (χ4n) is 0.817. The van der Waals surface area contributed by atoms with Crippen LogP contribution in [0.3, 0.4) is 0 Å². The van der Waals surface area contributed by atoms with Crippen molar-refractivity contribution in [2.45, 2.75) is 26.2 Å². The van der Waals surface area contributed by atoms with Gasteiger partial charge in [-0.25, -0.2) is 0 Å². The van der Waals surface area contributed by atoms with E-state index in [1.807, 2.05) is 0 Å². The first-order chi connectivity index (χ1) is 4.52. The van der Waals surface area contributed by atoms with Crippen molar-refractivity contribution in [3.63, 3.8) is 0 Å². The summed E-state index contributed by atoms with van der Waals surface area (Å²) < 4.78 is 1.40. The fourth-order valence-corrected chi connectivity index (χ4v) is 3.36. The predicted octanol–water partition coefficient (Wildman–Crippen LogP) is 3.65. The predicted molar refractivity (Wildman–Crippen MR) is 55.7 cm³/mol. The van der Waals surface area contributed by atoms with Crippen LogP contribution in [0.4, 0.5) is 0 Å². The third-order valence-electron chi connectivity index (χ3n) is 1.42. The van der Waals surface area contributed by atoms with Crippen LogP contribution < -0.4 is 0 Å². The molecule has 0 aliphatic carbocycles. The normalized spacial score (nSPS) is 12.0. The van der Waals surface area contributed by atoms with Gasteiger partial charge in [0.2, 0.25) is 0 Å². The van der Waals surface area contributed by atoms with Gasteiger partial charge >= 0.3 is 0 Å². The van der Waals surface area contributed by atoms with E-state index in [0.29, 0.717) is 5.41 Å². The molecule has 10 heavy (non-hydrogen) atoms. The maximum atomic E-state index is 2.39. The quantitative estimate of drug-likeness (QED) is 0.629. The van der Waals surface area contributed by atoms with Crippen LogP contribution in [-0.2, 0) is 5.41 Å². The Bertz CT molecular complexity index is 219. The molecule has 0 fully saturated rings. The summed E-state index contributed by atoms with van der Waals surface area (Å²) >= 11 is 4.18. The van der Waals surface area contributed by atoms with Crippen molar-refractivity contribution in [2.75, 3.05) is 0 Å². The van der Waals surface area contributed by atoms with Gasteiger partial charge in [0, 0.05) is 8.95 Å². The van der Waals surface area contributed by atoms with Gasteiger partial charge in [-0.2, -0.15) is 11.3 Å². The lowest BCUT2D eigenvalue weighted by Crippen LogP contribution is -2.10. The van der Waals surface area contributed by atoms with E-state index in [4.69, 9.17) is 0 Å². The van der Waals surface area contributed by atoms with Gasteiger partial charge in [-0.1, -0.05) is 20.8 Å². The molecule has 1 heterocycles. The van der Waals surface area contributed by atoms with Crippen LogP contribution in [0.2, 0.25) is 0 Å². The highest BCUT2D eigenvalue weighted by Crippen LogP contribution is 2.29. The van der Waals surface area contributed by atoms with Crippen molar-refractivity contribution in [3.8, 4) is 0 Å². The lowest BCUT2D eigenvalue weighted by molar-refractivity contribution is 0.589. The minimum absolute atomic E-state index is 0.316. The van der Waals surface area contributed by atoms with Gasteiger partial charge in [-0.05, 0) is 38.9 Å². The average Bonchev–Trinajstić information content (AvgIpc) is 2.11. The highest BCUT2D eigenvalue weighted by Gasteiger charge is 2.16. The van der Waals surface area contributed by atoms with Crippen LogP contribution in [-0.4, -0.2) is 0 Å². The molecule has 0 saturated heterocycles. The Balaban J connectivity index is 3.05. The van der Waals surface area contributed by atoms with Gasteiger partial charge in [-0.3, -0.25) is 0 Å². The Hall–Kier alpha value is 0.430. The molecule has 0 radical (unpaired) electrons. The number of halogens is 1. The molecule has 0 N–H and O–H groups in total. The lowest BCUT2D eigenvalue weighted by atomic mass is 9.90. The van der Waals surface area contributed by atoms with E-state index in [1.54, 1.807) is 11.3 Å². The summed E-state index contributed by atoms with van der Waals surface area (Å²) in [6.07, 6.45) is 0. The number of hydrogen-bond donors (Lipinski definition) is 0. The topological polar surface area (TPSA) is 0 Å². The van der Waals surface area contributed by atoms with Gasteiger partial charge < -0.3 is 0 Å². The summed E-state index contributed by atoms with van der Waals surface area (Å²) in [5.74, 6) is 0. The van der Waals surface area contributed by atoms with E-state index in [1.165, 1.54) is 9.13 Å². The summed E-state index contributed by atoms with van der Waals surface area (Å²) in [7, 11) is 0. The second-order valence-electron chi connectivity index (χ2n) is 3.38. The van der Waals surface area contributed by atoms with Crippen LogP contribution in [0.1, 0.15) is 26.3 Å². The summed E-state index contributed by atoms with van der Waals surface area (Å²) in [5.41, 5.74) is 1.79. The van der Waals surface area contributed by atoms with Crippen molar-refractivity contribution >= 4 is 33.9 Å². The van der Waals surface area contributed by atoms with Gasteiger partial charge in [0.1, 0.15) is 0 Å². The molecule has 0 atom stereocenters. The maximum absolute atomic E-state index is 2.39. The highest BCUT2D eigenvalue weighted by atomic mass is 127. The van der Waals surface area contributed by atoms with Gasteiger partial charge in [0.15, 0.2) is 0 Å². The molecule has 0 bridgehead atoms. The molecule has 0 amide bonds. The Kier molecular flexibility index (Phi) is 2.40. The molecule has 0 aliphatic heterocycles. The molecule has 0 unspecified atom stereocenters. The summed E-state index contributed by atoms with van der Waals surface area (Å²) in [6.45, 7) is 6.74. The summed E-state index contributed by atoms with van der Waals surface area (Å²) in [4.78, 5) is 0. The van der Waals surface area contributed by atoms with Crippen LogP contribution in [0, 0.1) is 3.57 Å². The standard InChI is InChI=1S/C8H11IS/c1-8(2,3)6-4-10-5-7(6)9/h4-5H,1-3H3. The second kappa shape index (κ2) is 2.81. The molecular formula is C8H11IS. The van der Waals surface area contributed by atoms with Crippen molar-refractivity contribution in [2.24, 2.45) is 0 Å². The van der Waals surface area contributed by atoms with Crippen LogP contribution >= 0.6 is 33.9 Å². The molecule has 1 rings (SSSR count). The van der Waals surface area contributed by atoms with E-state index in [9.17, 15) is 0 Å². The second-order valence-corrected chi connectivity index (χ2v) is 5.29. The van der Waals surface area contributed by atoms with E-state index in [-0.39, 0.29) is 0 Å². The molecule has 0 spiro atoms. The smallest absolute Gasteiger partial charge is 0.0274 e. The fraction of sp³-hybridized carbons (Fsp3) is 0.500. The van der Waals surface area contributed by atoms with Crippen LogP contribution in [0.15, 0.2) is 10.8 Å². The van der Waals surface area contributed by atoms with Crippen LogP contribution in [0.5, 0.6) is 0 Å². The first-order valence-electron chi connectivity index (χ1n) is 3.24. The molecule has 0 nitrogen and oxygen atoms in total. The number of hydrogen-bond acceptors (Lipinski definition) is 1. The highest BCUT2D eigenvalue weighted by molar-refractivity contribution is 14.1. The third-order valence-corrected chi connectivity index (χ3v) is 3.48. The van der Waals surface area contributed by atoms with Gasteiger partial charge in [0.25, 0.3) is 0 Å². The third kappa shape index (κ3) is 1.72. The maximum Gasteiger partial charge on any atom is 0.0274 e. The molecule has 2 heteroatoms. The molecule has 0 saturated carbocycles. The Morgan fingerprint density at radius 1 is 1.30 bits per heavy atom. The minimum Gasteiger partial charge on any atom is -0.151 e. The zero-order valence-corrected chi connectivity index (χ0v) is 9.41. The Morgan fingerprint density at radius 2 is 1.90 bits per heavy atom. The van der Waals surface area contributed by atoms with Crippen molar-refractivity contribution < 1.29 is 0 Å². The zero-order valence-electron chi connectivity index (χ0n) is 6.44. The SMILES string of the molecule is CC(C)(C)c1cscc1I. The molecule has 0 aliphatic rings. The van der Waals surface area contributed by atoms with E-state index in [0.717, 1.165) is 0 Å². The molecule has 0 aromatic carbocycles. The van der Waals surface area contributed by atoms with Crippen molar-refractivity contribution in [1.29, 1.82) is 0 Å². The monoisotopic (exact) mass is 266 g/mol. The van der Waals surface area contributed by atoms with Gasteiger partial charge in [-0.15, -0.1) is 0 Å². The average molecular weight is 266 g/mol. The largest absolute Gasteiger partial charge is 0.151 e. The summed E-state index contributed by atoms with van der Waals surface area (Å²) in [6, 6.07) is 0. The number of thiophene rings is 1. The zero-order chi connectivity index (χ0) is 7.78. The first-order valence-corrected chi connectivity index (χ1v) is 5.26. The molecule has 1 aromatic rings. The van der Waals surface area contributed by atoms with E-state index < -0.39 is 0 Å². The van der Waals surface area contributed by atoms with Crippen LogP contribution in [0.25, 0.3) is 0 Å². The van der Waals surface area contributed by atoms with Crippen molar-refractivity contribution in [3.05, 3.63) is 19.9 Å². The Labute approximate surface area is 79.8 Å². The first kappa shape index (κ1) is 8.53. The molecule has 1 aromatic heterocycles. The minimum atomic E-state index is 0.316. The molecule has 56 valence electrons. The molecular weight excluding hydrogens is 255 g/mol. The number of rotatable bonds is 0. The van der Waals surface area contributed by atoms with E-state index in [2.05, 4.69) is 54.1 Å². The summed E-state index contributed by atoms with van der Waals surface area (Å²) in [5, 5.41) is 4.43. The van der Waals surface area contributed by atoms with Gasteiger partial charge in [0.05, 0.1) is 0 Å².